The zero-order valence-electron chi connectivity index (χ0n) is 21.6. The number of carbonyl (C=O) groups excluding carboxylic acids is 4. The minimum absolute atomic E-state index is 0.171. The molecule has 0 aromatic heterocycles. The van der Waals surface area contributed by atoms with Crippen molar-refractivity contribution in [1.82, 2.24) is 20.4 Å². The normalized spacial score (nSPS) is 15.6. The molecule has 2 aliphatic rings. The molecule has 10 nitrogen and oxygen atoms in total. The van der Waals surface area contributed by atoms with Crippen molar-refractivity contribution in [2.75, 3.05) is 51.3 Å². The lowest BCUT2D eigenvalue weighted by Crippen LogP contribution is -2.52. The van der Waals surface area contributed by atoms with Crippen LogP contribution in [0.3, 0.4) is 0 Å². The number of amides is 4. The highest BCUT2D eigenvalue weighted by atomic mass is 35.5. The van der Waals surface area contributed by atoms with E-state index in [1.54, 1.807) is 29.2 Å². The van der Waals surface area contributed by atoms with Crippen molar-refractivity contribution in [3.05, 3.63) is 57.6 Å². The summed E-state index contributed by atoms with van der Waals surface area (Å²) in [6.07, 6.45) is 1.15. The van der Waals surface area contributed by atoms with Gasteiger partial charge >= 0.3 is 6.03 Å². The van der Waals surface area contributed by atoms with Crippen molar-refractivity contribution in [3.63, 3.8) is 0 Å². The maximum atomic E-state index is 13.0. The number of ether oxygens (including phenoxy) is 1. The van der Waals surface area contributed by atoms with Gasteiger partial charge in [0.15, 0.2) is 0 Å². The van der Waals surface area contributed by atoms with Crippen LogP contribution in [-0.2, 0) is 16.1 Å². The number of halogens is 2. The van der Waals surface area contributed by atoms with Crippen molar-refractivity contribution in [2.24, 2.45) is 0 Å². The summed E-state index contributed by atoms with van der Waals surface area (Å²) < 4.78 is 5.93. The van der Waals surface area contributed by atoms with Gasteiger partial charge in [0.05, 0.1) is 28.8 Å². The first-order valence-electron chi connectivity index (χ1n) is 12.8. The van der Waals surface area contributed by atoms with E-state index < -0.39 is 6.04 Å². The standard InChI is InChI=1S/C27H31Cl2N5O5/c1-30-25(36)22(8-4-15-35)34-17-19-18(26(34)37)5-2-9-23(19)39-16-10-31-27(38)33-13-11-32(12-14-33)21-7-3-6-20(28)24(21)29/h2-3,5-7,9,15,22H,4,8,10-14,16-17H2,1H3,(H,30,36)(H,31,38). The van der Waals surface area contributed by atoms with Crippen LogP contribution in [0.15, 0.2) is 36.4 Å². The highest BCUT2D eigenvalue weighted by Crippen LogP contribution is 2.34. The van der Waals surface area contributed by atoms with E-state index in [1.165, 1.54) is 11.9 Å². The van der Waals surface area contributed by atoms with Gasteiger partial charge in [-0.1, -0.05) is 35.3 Å². The second-order valence-corrected chi connectivity index (χ2v) is 10.0. The van der Waals surface area contributed by atoms with Gasteiger partial charge in [0, 0.05) is 50.8 Å². The minimum atomic E-state index is -0.748. The lowest BCUT2D eigenvalue weighted by Gasteiger charge is -2.36. The second-order valence-electron chi connectivity index (χ2n) is 9.22. The molecule has 1 unspecified atom stereocenters. The molecule has 2 aliphatic heterocycles. The predicted octanol–water partition coefficient (Wildman–Crippen LogP) is 2.95. The van der Waals surface area contributed by atoms with Gasteiger partial charge in [-0.05, 0) is 30.7 Å². The molecule has 1 atom stereocenters. The molecule has 2 aromatic rings. The van der Waals surface area contributed by atoms with E-state index in [1.807, 2.05) is 12.1 Å². The van der Waals surface area contributed by atoms with Gasteiger partial charge in [0.25, 0.3) is 5.91 Å². The number of urea groups is 1. The Morgan fingerprint density at radius 1 is 1.10 bits per heavy atom. The molecule has 0 radical (unpaired) electrons. The van der Waals surface area contributed by atoms with Crippen LogP contribution >= 0.6 is 23.2 Å². The number of aldehydes is 1. The highest BCUT2D eigenvalue weighted by Gasteiger charge is 2.37. The summed E-state index contributed by atoms with van der Waals surface area (Å²) in [7, 11) is 1.50. The third kappa shape index (κ3) is 6.39. The van der Waals surface area contributed by atoms with Crippen molar-refractivity contribution in [2.45, 2.75) is 25.4 Å². The number of hydrogen-bond donors (Lipinski definition) is 2. The fourth-order valence-electron chi connectivity index (χ4n) is 4.85. The number of hydrogen-bond acceptors (Lipinski definition) is 6. The van der Waals surface area contributed by atoms with Crippen LogP contribution in [0.25, 0.3) is 0 Å². The van der Waals surface area contributed by atoms with Crippen LogP contribution in [0.4, 0.5) is 10.5 Å². The molecule has 1 saturated heterocycles. The molecule has 12 heteroatoms. The Morgan fingerprint density at radius 3 is 2.56 bits per heavy atom. The van der Waals surface area contributed by atoms with Crippen LogP contribution in [-0.4, -0.2) is 86.4 Å². The SMILES string of the molecule is CNC(=O)C(CCC=O)N1Cc2c(OCCNC(=O)N3CCN(c4cccc(Cl)c4Cl)CC3)cccc2C1=O. The average molecular weight is 576 g/mol. The first kappa shape index (κ1) is 28.5. The summed E-state index contributed by atoms with van der Waals surface area (Å²) in [5.74, 6) is -0.0724. The lowest BCUT2D eigenvalue weighted by atomic mass is 10.1. The summed E-state index contributed by atoms with van der Waals surface area (Å²) >= 11 is 12.5. The van der Waals surface area contributed by atoms with Gasteiger partial charge in [0.2, 0.25) is 5.91 Å². The summed E-state index contributed by atoms with van der Waals surface area (Å²) in [4.78, 5) is 54.3. The Hall–Kier alpha value is -3.50. The number of benzene rings is 2. The van der Waals surface area contributed by atoms with Gasteiger partial charge in [-0.3, -0.25) is 9.59 Å². The summed E-state index contributed by atoms with van der Waals surface area (Å²) in [5, 5.41) is 6.46. The molecule has 0 saturated carbocycles. The lowest BCUT2D eigenvalue weighted by molar-refractivity contribution is -0.125. The summed E-state index contributed by atoms with van der Waals surface area (Å²) in [6.45, 7) is 3.03. The third-order valence-corrected chi connectivity index (χ3v) is 7.72. The molecule has 4 amide bonds. The topological polar surface area (TPSA) is 111 Å². The molecule has 208 valence electrons. The second kappa shape index (κ2) is 13.0. The number of anilines is 1. The molecule has 1 fully saturated rings. The van der Waals surface area contributed by atoms with E-state index in [-0.39, 0.29) is 50.4 Å². The van der Waals surface area contributed by atoms with Crippen molar-refractivity contribution in [1.29, 1.82) is 0 Å². The average Bonchev–Trinajstić information content (AvgIpc) is 3.29. The van der Waals surface area contributed by atoms with Crippen LogP contribution in [0.2, 0.25) is 10.0 Å². The monoisotopic (exact) mass is 575 g/mol. The Bertz CT molecular complexity index is 1240. The summed E-state index contributed by atoms with van der Waals surface area (Å²) in [5.41, 5.74) is 2.01. The fraction of sp³-hybridized carbons (Fsp3) is 0.407. The van der Waals surface area contributed by atoms with Crippen LogP contribution in [0.1, 0.15) is 28.8 Å². The number of nitrogens with one attached hydrogen (secondary N) is 2. The number of fused-ring (bicyclic) bond motifs is 1. The fourth-order valence-corrected chi connectivity index (χ4v) is 5.27. The highest BCUT2D eigenvalue weighted by molar-refractivity contribution is 6.43. The van der Waals surface area contributed by atoms with E-state index in [4.69, 9.17) is 27.9 Å². The van der Waals surface area contributed by atoms with Crippen LogP contribution in [0.5, 0.6) is 5.75 Å². The Kier molecular flexibility index (Phi) is 9.53. The van der Waals surface area contributed by atoms with E-state index in [9.17, 15) is 19.2 Å². The smallest absolute Gasteiger partial charge is 0.317 e. The van der Waals surface area contributed by atoms with E-state index in [0.29, 0.717) is 53.1 Å². The van der Waals surface area contributed by atoms with Crippen molar-refractivity contribution >= 4 is 53.0 Å². The molecular weight excluding hydrogens is 545 g/mol. The van der Waals surface area contributed by atoms with Crippen LogP contribution < -0.4 is 20.3 Å². The number of piperazine rings is 1. The molecule has 0 spiro atoms. The quantitative estimate of drug-likeness (QED) is 0.333. The maximum absolute atomic E-state index is 13.0. The van der Waals surface area contributed by atoms with Gasteiger partial charge in [0.1, 0.15) is 24.7 Å². The predicted molar refractivity (Wildman–Crippen MR) is 149 cm³/mol. The molecule has 2 heterocycles. The first-order chi connectivity index (χ1) is 18.8. The Labute approximate surface area is 237 Å². The van der Waals surface area contributed by atoms with Crippen LogP contribution in [0, 0.1) is 0 Å². The van der Waals surface area contributed by atoms with Crippen molar-refractivity contribution in [3.8, 4) is 5.75 Å². The Morgan fingerprint density at radius 2 is 1.85 bits per heavy atom. The molecule has 2 aromatic carbocycles. The van der Waals surface area contributed by atoms with E-state index in [2.05, 4.69) is 15.5 Å². The molecule has 2 N–H and O–H groups in total. The molecule has 0 aliphatic carbocycles. The third-order valence-electron chi connectivity index (χ3n) is 6.91. The number of rotatable bonds is 10. The molecular formula is C27H31Cl2N5O5. The molecule has 0 bridgehead atoms. The van der Waals surface area contributed by atoms with Crippen molar-refractivity contribution < 1.29 is 23.9 Å². The van der Waals surface area contributed by atoms with E-state index >= 15 is 0 Å². The first-order valence-corrected chi connectivity index (χ1v) is 13.5. The largest absolute Gasteiger partial charge is 0.491 e. The minimum Gasteiger partial charge on any atom is -0.491 e. The van der Waals surface area contributed by atoms with E-state index in [0.717, 1.165) is 12.0 Å². The number of likely N-dealkylation sites (N-methyl/N-ethyl adjacent to an activating group) is 1. The summed E-state index contributed by atoms with van der Waals surface area (Å²) in [6, 6.07) is 9.77. The molecule has 39 heavy (non-hydrogen) atoms. The number of carbonyl (C=O) groups is 4. The van der Waals surface area contributed by atoms with Gasteiger partial charge in [-0.15, -0.1) is 0 Å². The number of nitrogens with zero attached hydrogens (tertiary/aromatic N) is 3. The van der Waals surface area contributed by atoms with Gasteiger partial charge in [-0.25, -0.2) is 4.79 Å². The van der Waals surface area contributed by atoms with Gasteiger partial charge in [-0.2, -0.15) is 0 Å². The molecule has 4 rings (SSSR count). The maximum Gasteiger partial charge on any atom is 0.317 e. The Balaban J connectivity index is 1.27. The zero-order valence-corrected chi connectivity index (χ0v) is 23.1. The van der Waals surface area contributed by atoms with Gasteiger partial charge < -0.3 is 34.9 Å². The zero-order chi connectivity index (χ0) is 27.9.